The molecule has 2 aliphatic carbocycles. The summed E-state index contributed by atoms with van der Waals surface area (Å²) < 4.78 is 6.46. The highest BCUT2D eigenvalue weighted by Crippen LogP contribution is 2.49. The van der Waals surface area contributed by atoms with E-state index in [1.807, 2.05) is 6.07 Å². The number of halogens is 1. The van der Waals surface area contributed by atoms with E-state index in [4.69, 9.17) is 4.74 Å². The lowest BCUT2D eigenvalue weighted by Gasteiger charge is -2.39. The number of rotatable bonds is 4. The summed E-state index contributed by atoms with van der Waals surface area (Å²) in [4.78, 5) is 11.8. The first-order valence-corrected chi connectivity index (χ1v) is 8.49. The molecule has 3 nitrogen and oxygen atoms in total. The van der Waals surface area contributed by atoms with E-state index >= 15 is 0 Å². The van der Waals surface area contributed by atoms with Gasteiger partial charge in [-0.15, -0.1) is 0 Å². The number of carboxylic acid groups (broad SMARTS) is 1. The molecule has 2 aliphatic rings. The molecule has 0 aliphatic heterocycles. The highest BCUT2D eigenvalue weighted by molar-refractivity contribution is 9.10. The summed E-state index contributed by atoms with van der Waals surface area (Å²) in [6, 6.07) is 4.05. The zero-order valence-electron chi connectivity index (χ0n) is 12.3. The van der Waals surface area contributed by atoms with Gasteiger partial charge in [-0.2, -0.15) is 0 Å². The maximum Gasteiger partial charge on any atom is 0.314 e. The van der Waals surface area contributed by atoms with Crippen molar-refractivity contribution < 1.29 is 14.6 Å². The van der Waals surface area contributed by atoms with E-state index in [0.717, 1.165) is 35.0 Å². The van der Waals surface area contributed by atoms with Gasteiger partial charge in [-0.05, 0) is 64.7 Å². The predicted octanol–water partition coefficient (Wildman–Crippen LogP) is 4.62. The Morgan fingerprint density at radius 2 is 1.95 bits per heavy atom. The van der Waals surface area contributed by atoms with Crippen LogP contribution in [-0.2, 0) is 10.2 Å². The maximum absolute atomic E-state index is 11.8. The fourth-order valence-electron chi connectivity index (χ4n) is 3.80. The summed E-state index contributed by atoms with van der Waals surface area (Å²) in [5, 5.41) is 9.66. The third-order valence-electron chi connectivity index (χ3n) is 5.24. The van der Waals surface area contributed by atoms with Crippen molar-refractivity contribution in [3.05, 3.63) is 27.7 Å². The molecule has 0 radical (unpaired) electrons. The lowest BCUT2D eigenvalue weighted by Crippen LogP contribution is -2.42. The molecular formula is C17H21BrO3. The molecule has 1 aromatic rings. The van der Waals surface area contributed by atoms with Crippen LogP contribution >= 0.6 is 15.9 Å². The largest absolute Gasteiger partial charge is 0.495 e. The summed E-state index contributed by atoms with van der Waals surface area (Å²) in [5.41, 5.74) is 1.45. The van der Waals surface area contributed by atoms with Gasteiger partial charge in [0.2, 0.25) is 0 Å². The average Bonchev–Trinajstić information content (AvgIpc) is 2.89. The third kappa shape index (κ3) is 2.37. The fourth-order valence-corrected chi connectivity index (χ4v) is 4.44. The topological polar surface area (TPSA) is 46.5 Å². The van der Waals surface area contributed by atoms with Crippen LogP contribution in [0.2, 0.25) is 0 Å². The minimum absolute atomic E-state index is 0.502. The van der Waals surface area contributed by atoms with E-state index in [0.29, 0.717) is 5.92 Å². The number of benzene rings is 1. The van der Waals surface area contributed by atoms with Gasteiger partial charge in [0.25, 0.3) is 0 Å². The number of hydrogen-bond donors (Lipinski definition) is 1. The molecule has 21 heavy (non-hydrogen) atoms. The monoisotopic (exact) mass is 352 g/mol. The number of aliphatic carboxylic acids is 1. The minimum Gasteiger partial charge on any atom is -0.495 e. The summed E-state index contributed by atoms with van der Waals surface area (Å²) in [5.74, 6) is 0.691. The smallest absolute Gasteiger partial charge is 0.314 e. The molecule has 0 atom stereocenters. The second-order valence-electron chi connectivity index (χ2n) is 6.30. The van der Waals surface area contributed by atoms with Crippen molar-refractivity contribution in [1.82, 2.24) is 0 Å². The van der Waals surface area contributed by atoms with Gasteiger partial charge in [0.05, 0.1) is 17.0 Å². The molecule has 0 aromatic heterocycles. The van der Waals surface area contributed by atoms with Crippen LogP contribution in [0.5, 0.6) is 5.75 Å². The Kier molecular flexibility index (Phi) is 4.00. The molecule has 2 fully saturated rings. The van der Waals surface area contributed by atoms with Gasteiger partial charge in [-0.25, -0.2) is 0 Å². The van der Waals surface area contributed by atoms with E-state index in [2.05, 4.69) is 22.0 Å². The maximum atomic E-state index is 11.8. The Balaban J connectivity index is 2.08. The lowest BCUT2D eigenvalue weighted by atomic mass is 9.64. The SMILES string of the molecule is COc1c(Br)cc(C2(C(=O)O)CCC2)cc1C1CCCC1. The number of carboxylic acids is 1. The van der Waals surface area contributed by atoms with Crippen molar-refractivity contribution in [1.29, 1.82) is 0 Å². The summed E-state index contributed by atoms with van der Waals surface area (Å²) in [6.45, 7) is 0. The van der Waals surface area contributed by atoms with Crippen molar-refractivity contribution in [3.8, 4) is 5.75 Å². The van der Waals surface area contributed by atoms with Crippen molar-refractivity contribution in [2.24, 2.45) is 0 Å². The summed E-state index contributed by atoms with van der Waals surface area (Å²) in [6.07, 6.45) is 7.32. The van der Waals surface area contributed by atoms with Gasteiger partial charge >= 0.3 is 5.97 Å². The highest BCUT2D eigenvalue weighted by Gasteiger charge is 2.46. The molecule has 0 spiro atoms. The number of ether oxygens (including phenoxy) is 1. The Bertz CT molecular complexity index is 557. The minimum atomic E-state index is -0.691. The Morgan fingerprint density at radius 3 is 2.43 bits per heavy atom. The third-order valence-corrected chi connectivity index (χ3v) is 5.83. The predicted molar refractivity (Wildman–Crippen MR) is 85.1 cm³/mol. The van der Waals surface area contributed by atoms with E-state index < -0.39 is 11.4 Å². The van der Waals surface area contributed by atoms with Crippen molar-refractivity contribution >= 4 is 21.9 Å². The van der Waals surface area contributed by atoms with E-state index in [1.165, 1.54) is 31.2 Å². The molecule has 0 bridgehead atoms. The number of methoxy groups -OCH3 is 1. The molecular weight excluding hydrogens is 332 g/mol. The van der Waals surface area contributed by atoms with Gasteiger partial charge < -0.3 is 9.84 Å². The molecule has 1 aromatic carbocycles. The highest BCUT2D eigenvalue weighted by atomic mass is 79.9. The van der Waals surface area contributed by atoms with Crippen LogP contribution in [0.15, 0.2) is 16.6 Å². The van der Waals surface area contributed by atoms with Gasteiger partial charge in [-0.3, -0.25) is 4.79 Å². The zero-order chi connectivity index (χ0) is 15.0. The zero-order valence-corrected chi connectivity index (χ0v) is 13.9. The van der Waals surface area contributed by atoms with Gasteiger partial charge in [0, 0.05) is 0 Å². The number of hydrogen-bond acceptors (Lipinski definition) is 2. The second-order valence-corrected chi connectivity index (χ2v) is 7.16. The van der Waals surface area contributed by atoms with Crippen LogP contribution in [0.3, 0.4) is 0 Å². The Hall–Kier alpha value is -1.03. The van der Waals surface area contributed by atoms with Crippen molar-refractivity contribution in [2.45, 2.75) is 56.3 Å². The van der Waals surface area contributed by atoms with E-state index in [-0.39, 0.29) is 0 Å². The first-order valence-electron chi connectivity index (χ1n) is 7.70. The molecule has 0 saturated heterocycles. The molecule has 4 heteroatoms. The average molecular weight is 353 g/mol. The van der Waals surface area contributed by atoms with Crippen LogP contribution in [0.4, 0.5) is 0 Å². The number of carbonyl (C=O) groups is 1. The molecule has 0 unspecified atom stereocenters. The summed E-state index contributed by atoms with van der Waals surface area (Å²) >= 11 is 3.58. The first kappa shape index (κ1) is 14.9. The second kappa shape index (κ2) is 5.64. The Morgan fingerprint density at radius 1 is 1.29 bits per heavy atom. The standard InChI is InChI=1S/C17H21BrO3/c1-21-15-13(11-5-2-3-6-11)9-12(10-14(15)18)17(16(19)20)7-4-8-17/h9-11H,2-8H2,1H3,(H,19,20). The van der Waals surface area contributed by atoms with Gasteiger partial charge in [-0.1, -0.05) is 25.3 Å². The molecule has 0 amide bonds. The fraction of sp³-hybridized carbons (Fsp3) is 0.588. The van der Waals surface area contributed by atoms with Crippen molar-refractivity contribution in [3.63, 3.8) is 0 Å². The van der Waals surface area contributed by atoms with Crippen molar-refractivity contribution in [2.75, 3.05) is 7.11 Å². The van der Waals surface area contributed by atoms with E-state index in [1.54, 1.807) is 7.11 Å². The molecule has 114 valence electrons. The van der Waals surface area contributed by atoms with Crippen LogP contribution < -0.4 is 4.74 Å². The quantitative estimate of drug-likeness (QED) is 0.859. The van der Waals surface area contributed by atoms with E-state index in [9.17, 15) is 9.90 Å². The van der Waals surface area contributed by atoms with Crippen LogP contribution in [0.1, 0.15) is 62.0 Å². The van der Waals surface area contributed by atoms with Gasteiger partial charge in [0.1, 0.15) is 5.75 Å². The lowest BCUT2D eigenvalue weighted by molar-refractivity contribution is -0.147. The van der Waals surface area contributed by atoms with Crippen LogP contribution in [-0.4, -0.2) is 18.2 Å². The van der Waals surface area contributed by atoms with Crippen LogP contribution in [0.25, 0.3) is 0 Å². The molecule has 2 saturated carbocycles. The molecule has 3 rings (SSSR count). The molecule has 1 N–H and O–H groups in total. The van der Waals surface area contributed by atoms with Crippen LogP contribution in [0, 0.1) is 0 Å². The summed E-state index contributed by atoms with van der Waals surface area (Å²) in [7, 11) is 1.69. The first-order chi connectivity index (χ1) is 10.1. The normalized spacial score (nSPS) is 21.0. The van der Waals surface area contributed by atoms with Gasteiger partial charge in [0.15, 0.2) is 0 Å². The Labute approximate surface area is 133 Å². The molecule has 0 heterocycles.